The maximum atomic E-state index is 11.2. The van der Waals surface area contributed by atoms with E-state index in [-0.39, 0.29) is 25.7 Å². The van der Waals surface area contributed by atoms with Gasteiger partial charge in [0.1, 0.15) is 19.0 Å². The molecule has 0 aliphatic carbocycles. The van der Waals surface area contributed by atoms with Gasteiger partial charge in [-0.3, -0.25) is 9.59 Å². The van der Waals surface area contributed by atoms with Crippen molar-refractivity contribution < 1.29 is 19.1 Å². The van der Waals surface area contributed by atoms with E-state index in [9.17, 15) is 9.59 Å². The summed E-state index contributed by atoms with van der Waals surface area (Å²) in [6.45, 7) is 2.65. The molecule has 0 aliphatic heterocycles. The fraction of sp³-hybridized carbons (Fsp3) is 0.333. The van der Waals surface area contributed by atoms with Gasteiger partial charge in [0.25, 0.3) is 5.91 Å². The van der Waals surface area contributed by atoms with Crippen LogP contribution in [-0.4, -0.2) is 38.2 Å². The third-order valence-electron chi connectivity index (χ3n) is 2.39. The number of nitrogens with one attached hydrogen (secondary N) is 1. The molecule has 0 saturated heterocycles. The lowest BCUT2D eigenvalue weighted by Crippen LogP contribution is -2.27. The number of nitrogens with two attached hydrogens (primary N) is 1. The Morgan fingerprint density at radius 3 is 2.76 bits per heavy atom. The average molecular weight is 290 g/mol. The smallest absolute Gasteiger partial charge is 0.252 e. The number of hydrogen-bond acceptors (Lipinski definition) is 4. The van der Waals surface area contributed by atoms with Gasteiger partial charge in [0.15, 0.2) is 0 Å². The highest BCUT2D eigenvalue weighted by molar-refractivity contribution is 5.95. The number of benzene rings is 1. The summed E-state index contributed by atoms with van der Waals surface area (Å²) in [6.07, 6.45) is 0. The van der Waals surface area contributed by atoms with Gasteiger partial charge < -0.3 is 20.5 Å². The molecule has 0 unspecified atom stereocenters. The van der Waals surface area contributed by atoms with E-state index in [1.165, 1.54) is 0 Å². The average Bonchev–Trinajstić information content (AvgIpc) is 2.48. The molecule has 0 atom stereocenters. The second-order valence-electron chi connectivity index (χ2n) is 3.92. The Morgan fingerprint density at radius 2 is 2.05 bits per heavy atom. The van der Waals surface area contributed by atoms with E-state index in [1.807, 2.05) is 6.92 Å². The molecule has 112 valence electrons. The van der Waals surface area contributed by atoms with Crippen LogP contribution in [0.2, 0.25) is 0 Å². The molecule has 0 radical (unpaired) electrons. The van der Waals surface area contributed by atoms with Crippen LogP contribution in [0.4, 0.5) is 0 Å². The summed E-state index contributed by atoms with van der Waals surface area (Å²) in [5.41, 5.74) is 5.53. The van der Waals surface area contributed by atoms with Crippen molar-refractivity contribution in [3.63, 3.8) is 0 Å². The van der Waals surface area contributed by atoms with Crippen molar-refractivity contribution in [2.75, 3.05) is 26.4 Å². The van der Waals surface area contributed by atoms with Crippen LogP contribution < -0.4 is 15.8 Å². The lowest BCUT2D eigenvalue weighted by Gasteiger charge is -2.05. The van der Waals surface area contributed by atoms with Crippen LogP contribution in [0.3, 0.4) is 0 Å². The van der Waals surface area contributed by atoms with Crippen LogP contribution in [0.1, 0.15) is 17.3 Å². The quantitative estimate of drug-likeness (QED) is 0.708. The molecule has 0 aromatic heterocycles. The Morgan fingerprint density at radius 1 is 1.29 bits per heavy atom. The zero-order valence-electron chi connectivity index (χ0n) is 11.8. The molecule has 0 aliphatic rings. The Hall–Kier alpha value is -2.52. The number of carbonyl (C=O) groups excluding carboxylic acids is 2. The number of hydrogen-bond donors (Lipinski definition) is 2. The first-order valence-corrected chi connectivity index (χ1v) is 6.47. The molecule has 3 N–H and O–H groups in total. The minimum Gasteiger partial charge on any atom is -0.480 e. The highest BCUT2D eigenvalue weighted by atomic mass is 16.5. The lowest BCUT2D eigenvalue weighted by molar-refractivity contribution is -0.125. The monoisotopic (exact) mass is 290 g/mol. The van der Waals surface area contributed by atoms with Gasteiger partial charge >= 0.3 is 0 Å². The van der Waals surface area contributed by atoms with Crippen molar-refractivity contribution in [1.82, 2.24) is 5.32 Å². The minimum absolute atomic E-state index is 0.0284. The molecular formula is C15H18N2O4. The van der Waals surface area contributed by atoms with E-state index in [2.05, 4.69) is 17.2 Å². The normalized spacial score (nSPS) is 9.38. The van der Waals surface area contributed by atoms with Crippen molar-refractivity contribution >= 4 is 11.8 Å². The molecule has 0 bridgehead atoms. The van der Waals surface area contributed by atoms with E-state index < -0.39 is 5.91 Å². The van der Waals surface area contributed by atoms with Crippen molar-refractivity contribution in [2.24, 2.45) is 5.73 Å². The third kappa shape index (κ3) is 6.45. The van der Waals surface area contributed by atoms with E-state index in [0.29, 0.717) is 17.9 Å². The predicted octanol–water partition coefficient (Wildman–Crippen LogP) is 0.320. The van der Waals surface area contributed by atoms with Crippen molar-refractivity contribution in [3.05, 3.63) is 29.8 Å². The molecule has 2 amide bonds. The van der Waals surface area contributed by atoms with E-state index in [0.717, 1.165) is 0 Å². The zero-order chi connectivity index (χ0) is 15.5. The highest BCUT2D eigenvalue weighted by Crippen LogP contribution is 2.16. The first kappa shape index (κ1) is 16.5. The molecule has 1 rings (SSSR count). The number of amides is 2. The Balaban J connectivity index is 2.33. The number of primary amides is 1. The first-order chi connectivity index (χ1) is 10.1. The number of rotatable bonds is 7. The van der Waals surface area contributed by atoms with Crippen LogP contribution in [-0.2, 0) is 9.53 Å². The van der Waals surface area contributed by atoms with Crippen molar-refractivity contribution in [2.45, 2.75) is 6.92 Å². The van der Waals surface area contributed by atoms with Crippen molar-refractivity contribution in [3.8, 4) is 17.6 Å². The second kappa shape index (κ2) is 9.39. The van der Waals surface area contributed by atoms with Gasteiger partial charge in [0.2, 0.25) is 5.91 Å². The van der Waals surface area contributed by atoms with E-state index in [4.69, 9.17) is 15.2 Å². The molecule has 0 fully saturated rings. The lowest BCUT2D eigenvalue weighted by atomic mass is 10.2. The SMILES string of the molecule is CCOCC(=O)NCC#CCOc1ccccc1C(N)=O. The molecule has 21 heavy (non-hydrogen) atoms. The van der Waals surface area contributed by atoms with Gasteiger partial charge in [-0.1, -0.05) is 24.0 Å². The summed E-state index contributed by atoms with van der Waals surface area (Å²) in [6, 6.07) is 6.67. The fourth-order valence-corrected chi connectivity index (χ4v) is 1.41. The summed E-state index contributed by atoms with van der Waals surface area (Å²) in [7, 11) is 0. The summed E-state index contributed by atoms with van der Waals surface area (Å²) in [5.74, 6) is 5.08. The van der Waals surface area contributed by atoms with Gasteiger partial charge in [-0.15, -0.1) is 0 Å². The van der Waals surface area contributed by atoms with E-state index in [1.54, 1.807) is 24.3 Å². The molecule has 6 heteroatoms. The standard InChI is InChI=1S/C15H18N2O4/c1-2-20-11-14(18)17-9-5-6-10-21-13-8-4-3-7-12(13)15(16)19/h3-4,7-8H,2,9-11H2,1H3,(H2,16,19)(H,17,18). The van der Waals surface area contributed by atoms with Crippen LogP contribution in [0.15, 0.2) is 24.3 Å². The molecule has 1 aromatic carbocycles. The molecule has 1 aromatic rings. The Labute approximate surface area is 123 Å². The van der Waals surface area contributed by atoms with Crippen LogP contribution >= 0.6 is 0 Å². The summed E-state index contributed by atoms with van der Waals surface area (Å²) >= 11 is 0. The highest BCUT2D eigenvalue weighted by Gasteiger charge is 2.06. The fourth-order valence-electron chi connectivity index (χ4n) is 1.41. The van der Waals surface area contributed by atoms with Crippen molar-refractivity contribution in [1.29, 1.82) is 0 Å². The summed E-state index contributed by atoms with van der Waals surface area (Å²) in [4.78, 5) is 22.4. The van der Waals surface area contributed by atoms with Gasteiger partial charge in [-0.25, -0.2) is 0 Å². The van der Waals surface area contributed by atoms with Gasteiger partial charge in [0.05, 0.1) is 12.1 Å². The topological polar surface area (TPSA) is 90.7 Å². The van der Waals surface area contributed by atoms with Crippen LogP contribution in [0.25, 0.3) is 0 Å². The van der Waals surface area contributed by atoms with Crippen LogP contribution in [0, 0.1) is 11.8 Å². The van der Waals surface area contributed by atoms with E-state index >= 15 is 0 Å². The van der Waals surface area contributed by atoms with Crippen LogP contribution in [0.5, 0.6) is 5.75 Å². The minimum atomic E-state index is -0.554. The maximum absolute atomic E-state index is 11.2. The second-order valence-corrected chi connectivity index (χ2v) is 3.92. The third-order valence-corrected chi connectivity index (χ3v) is 2.39. The first-order valence-electron chi connectivity index (χ1n) is 6.47. The molecule has 0 spiro atoms. The number of para-hydroxylation sites is 1. The molecule has 6 nitrogen and oxygen atoms in total. The Kier molecular flexibility index (Phi) is 7.40. The maximum Gasteiger partial charge on any atom is 0.252 e. The number of carbonyl (C=O) groups is 2. The zero-order valence-corrected chi connectivity index (χ0v) is 11.8. The van der Waals surface area contributed by atoms with Gasteiger partial charge in [-0.2, -0.15) is 0 Å². The molecular weight excluding hydrogens is 272 g/mol. The largest absolute Gasteiger partial charge is 0.480 e. The Bertz CT molecular complexity index is 546. The summed E-state index contributed by atoms with van der Waals surface area (Å²) in [5, 5.41) is 2.58. The summed E-state index contributed by atoms with van der Waals surface area (Å²) < 4.78 is 10.3. The predicted molar refractivity (Wildman–Crippen MR) is 77.7 cm³/mol. The molecule has 0 saturated carbocycles. The van der Waals surface area contributed by atoms with Gasteiger partial charge in [0, 0.05) is 6.61 Å². The molecule has 0 heterocycles. The number of ether oxygens (including phenoxy) is 2. The van der Waals surface area contributed by atoms with Gasteiger partial charge in [-0.05, 0) is 19.1 Å².